The van der Waals surface area contributed by atoms with Gasteiger partial charge in [0.15, 0.2) is 0 Å². The first kappa shape index (κ1) is 27.4. The van der Waals surface area contributed by atoms with Crippen LogP contribution in [0.2, 0.25) is 0 Å². The van der Waals surface area contributed by atoms with Gasteiger partial charge >= 0.3 is 18.4 Å². The van der Waals surface area contributed by atoms with Gasteiger partial charge in [0.05, 0.1) is 16.8 Å². The number of hydrogen-bond acceptors (Lipinski definition) is 2. The van der Waals surface area contributed by atoms with E-state index in [0.29, 0.717) is 36.6 Å². The van der Waals surface area contributed by atoms with Gasteiger partial charge in [-0.3, -0.25) is 4.98 Å². The van der Waals surface area contributed by atoms with Crippen molar-refractivity contribution in [2.45, 2.75) is 56.0 Å². The summed E-state index contributed by atoms with van der Waals surface area (Å²) in [5, 5.41) is 5.36. The van der Waals surface area contributed by atoms with Gasteiger partial charge in [-0.1, -0.05) is 43.2 Å². The average Bonchev–Trinajstić information content (AvgIpc) is 3.36. The van der Waals surface area contributed by atoms with Crippen LogP contribution in [-0.4, -0.2) is 17.1 Å². The summed E-state index contributed by atoms with van der Waals surface area (Å²) >= 11 is 0. The Labute approximate surface area is 214 Å². The molecule has 1 atom stereocenters. The smallest absolute Gasteiger partial charge is 0.335 e. The van der Waals surface area contributed by atoms with E-state index in [0.717, 1.165) is 25.1 Å². The number of amides is 2. The Kier molecular flexibility index (Phi) is 7.66. The zero-order valence-electron chi connectivity index (χ0n) is 20.0. The minimum absolute atomic E-state index is 0.211. The fourth-order valence-corrected chi connectivity index (χ4v) is 4.75. The van der Waals surface area contributed by atoms with E-state index in [9.17, 15) is 35.5 Å². The lowest BCUT2D eigenvalue weighted by Gasteiger charge is -2.36. The van der Waals surface area contributed by atoms with Crippen molar-refractivity contribution in [1.82, 2.24) is 15.6 Å². The molecular weight excluding hydrogens is 515 g/mol. The van der Waals surface area contributed by atoms with E-state index in [1.54, 1.807) is 30.3 Å². The molecule has 1 saturated carbocycles. The van der Waals surface area contributed by atoms with Gasteiger partial charge in [-0.2, -0.15) is 26.3 Å². The van der Waals surface area contributed by atoms with E-state index >= 15 is 0 Å². The van der Waals surface area contributed by atoms with Gasteiger partial charge < -0.3 is 10.6 Å². The summed E-state index contributed by atoms with van der Waals surface area (Å²) in [6.07, 6.45) is -6.11. The third-order valence-electron chi connectivity index (χ3n) is 6.57. The Morgan fingerprint density at radius 2 is 1.47 bits per heavy atom. The summed E-state index contributed by atoms with van der Waals surface area (Å²) in [5.74, 6) is -1.27. The molecule has 1 unspecified atom stereocenters. The lowest BCUT2D eigenvalue weighted by atomic mass is 9.79. The topological polar surface area (TPSA) is 54.0 Å². The standard InChI is InChI=1S/C27H24F7N3O/c28-21-13-19(12-20(14-21)27(32,33)34)25(16-17-6-2-1-3-7-17,37-24(38)36-22-8-4-5-9-22)23-15-18(10-11-35-23)26(29,30)31/h1-3,6-7,10-15,22H,4-5,8-9,16H2,(H2,36,37,38). The quantitative estimate of drug-likeness (QED) is 0.332. The molecule has 1 heterocycles. The lowest BCUT2D eigenvalue weighted by molar-refractivity contribution is -0.138. The van der Waals surface area contributed by atoms with Crippen molar-refractivity contribution < 1.29 is 35.5 Å². The molecule has 4 rings (SSSR count). The van der Waals surface area contributed by atoms with Crippen LogP contribution in [0.5, 0.6) is 0 Å². The summed E-state index contributed by atoms with van der Waals surface area (Å²) in [6.45, 7) is 0. The van der Waals surface area contributed by atoms with Crippen LogP contribution in [0.1, 0.15) is 53.6 Å². The summed E-state index contributed by atoms with van der Waals surface area (Å²) < 4.78 is 96.7. The molecule has 202 valence electrons. The molecule has 4 nitrogen and oxygen atoms in total. The normalized spacial score (nSPS) is 16.2. The molecule has 1 aromatic heterocycles. The second-order valence-electron chi connectivity index (χ2n) is 9.30. The summed E-state index contributed by atoms with van der Waals surface area (Å²) in [6, 6.07) is 10.2. The number of alkyl halides is 6. The Hall–Kier alpha value is -3.63. The maximum atomic E-state index is 14.6. The van der Waals surface area contributed by atoms with E-state index in [1.807, 2.05) is 0 Å². The van der Waals surface area contributed by atoms with Crippen molar-refractivity contribution in [2.24, 2.45) is 0 Å². The third kappa shape index (κ3) is 6.25. The van der Waals surface area contributed by atoms with Crippen molar-refractivity contribution in [3.8, 4) is 0 Å². The molecule has 38 heavy (non-hydrogen) atoms. The number of aromatic nitrogens is 1. The van der Waals surface area contributed by atoms with Gasteiger partial charge in [0.2, 0.25) is 0 Å². The van der Waals surface area contributed by atoms with Crippen LogP contribution in [0.4, 0.5) is 35.5 Å². The van der Waals surface area contributed by atoms with E-state index in [-0.39, 0.29) is 18.5 Å². The van der Waals surface area contributed by atoms with Gasteiger partial charge in [-0.15, -0.1) is 0 Å². The van der Waals surface area contributed by atoms with Crippen molar-refractivity contribution in [1.29, 1.82) is 0 Å². The number of benzene rings is 2. The van der Waals surface area contributed by atoms with E-state index < -0.39 is 52.1 Å². The Morgan fingerprint density at radius 3 is 2.11 bits per heavy atom. The van der Waals surface area contributed by atoms with Crippen molar-refractivity contribution in [3.63, 3.8) is 0 Å². The first-order chi connectivity index (χ1) is 17.9. The van der Waals surface area contributed by atoms with Gasteiger partial charge in [-0.05, 0) is 54.3 Å². The minimum atomic E-state index is -4.96. The number of halogens is 7. The fourth-order valence-electron chi connectivity index (χ4n) is 4.75. The number of nitrogens with zero attached hydrogens (tertiary/aromatic N) is 1. The predicted molar refractivity (Wildman–Crippen MR) is 125 cm³/mol. The van der Waals surface area contributed by atoms with Gasteiger partial charge in [0.1, 0.15) is 11.4 Å². The van der Waals surface area contributed by atoms with E-state index in [1.165, 1.54) is 0 Å². The predicted octanol–water partition coefficient (Wildman–Crippen LogP) is 6.99. The first-order valence-corrected chi connectivity index (χ1v) is 11.9. The van der Waals surface area contributed by atoms with Gasteiger partial charge in [0, 0.05) is 18.7 Å². The molecule has 11 heteroatoms. The molecule has 3 aromatic rings. The molecule has 2 aromatic carbocycles. The summed E-state index contributed by atoms with van der Waals surface area (Å²) in [5.41, 5.74) is -4.89. The number of rotatable bonds is 6. The zero-order chi connectivity index (χ0) is 27.6. The van der Waals surface area contributed by atoms with Crippen LogP contribution < -0.4 is 10.6 Å². The van der Waals surface area contributed by atoms with Crippen LogP contribution in [0, 0.1) is 5.82 Å². The minimum Gasteiger partial charge on any atom is -0.335 e. The fraction of sp³-hybridized carbons (Fsp3) is 0.333. The Balaban J connectivity index is 1.95. The number of hydrogen-bond donors (Lipinski definition) is 2. The highest BCUT2D eigenvalue weighted by atomic mass is 19.4. The largest absolute Gasteiger partial charge is 0.416 e. The maximum Gasteiger partial charge on any atom is 0.416 e. The van der Waals surface area contributed by atoms with Crippen LogP contribution >= 0.6 is 0 Å². The molecule has 0 spiro atoms. The molecule has 1 aliphatic rings. The molecule has 0 bridgehead atoms. The second-order valence-corrected chi connectivity index (χ2v) is 9.30. The third-order valence-corrected chi connectivity index (χ3v) is 6.57. The molecule has 2 N–H and O–H groups in total. The highest BCUT2D eigenvalue weighted by Crippen LogP contribution is 2.39. The van der Waals surface area contributed by atoms with Crippen molar-refractivity contribution in [2.75, 3.05) is 0 Å². The number of pyridine rings is 1. The molecular formula is C27H24F7N3O. The molecule has 1 fully saturated rings. The van der Waals surface area contributed by atoms with Gasteiger partial charge in [0.25, 0.3) is 0 Å². The number of urea groups is 1. The highest BCUT2D eigenvalue weighted by Gasteiger charge is 2.42. The molecule has 1 aliphatic carbocycles. The summed E-state index contributed by atoms with van der Waals surface area (Å²) in [4.78, 5) is 17.3. The monoisotopic (exact) mass is 539 g/mol. The first-order valence-electron chi connectivity index (χ1n) is 11.9. The maximum absolute atomic E-state index is 14.6. The molecule has 2 amide bonds. The van der Waals surface area contributed by atoms with Crippen LogP contribution in [0.25, 0.3) is 0 Å². The van der Waals surface area contributed by atoms with E-state index in [2.05, 4.69) is 15.6 Å². The number of carbonyl (C=O) groups excluding carboxylic acids is 1. The SMILES string of the molecule is O=C(NC1CCCC1)NC(Cc1ccccc1)(c1cc(F)cc(C(F)(F)F)c1)c1cc(C(F)(F)F)ccn1. The van der Waals surface area contributed by atoms with E-state index in [4.69, 9.17) is 0 Å². The Bertz CT molecular complexity index is 1270. The van der Waals surface area contributed by atoms with Crippen LogP contribution in [-0.2, 0) is 24.3 Å². The van der Waals surface area contributed by atoms with Gasteiger partial charge in [-0.25, -0.2) is 9.18 Å². The second kappa shape index (κ2) is 10.6. The van der Waals surface area contributed by atoms with Crippen LogP contribution in [0.3, 0.4) is 0 Å². The highest BCUT2D eigenvalue weighted by molar-refractivity contribution is 5.76. The van der Waals surface area contributed by atoms with Crippen LogP contribution in [0.15, 0.2) is 66.9 Å². The molecule has 0 radical (unpaired) electrons. The number of carbonyl (C=O) groups is 1. The molecule has 0 saturated heterocycles. The summed E-state index contributed by atoms with van der Waals surface area (Å²) in [7, 11) is 0. The van der Waals surface area contributed by atoms with Crippen molar-refractivity contribution in [3.05, 3.63) is 101 Å². The lowest BCUT2D eigenvalue weighted by Crippen LogP contribution is -2.54. The zero-order valence-corrected chi connectivity index (χ0v) is 20.0. The Morgan fingerprint density at radius 1 is 0.842 bits per heavy atom. The average molecular weight is 539 g/mol. The van der Waals surface area contributed by atoms with Crippen molar-refractivity contribution >= 4 is 6.03 Å². The molecule has 0 aliphatic heterocycles. The number of nitrogens with one attached hydrogen (secondary N) is 2.